The number of hydrogen-bond acceptors (Lipinski definition) is 4. The summed E-state index contributed by atoms with van der Waals surface area (Å²) in [6.45, 7) is 3.41. The van der Waals surface area contributed by atoms with Gasteiger partial charge in [0.25, 0.3) is 0 Å². The number of benzene rings is 1. The van der Waals surface area contributed by atoms with Crippen molar-refractivity contribution in [2.75, 3.05) is 18.1 Å². The Kier molecular flexibility index (Phi) is 5.89. The number of thioether (sulfide) groups is 1. The predicted octanol–water partition coefficient (Wildman–Crippen LogP) is 1.97. The minimum absolute atomic E-state index is 0.0611. The average molecular weight is 314 g/mol. The van der Waals surface area contributed by atoms with Crippen LogP contribution in [-0.4, -0.2) is 32.5 Å². The third-order valence-corrected chi connectivity index (χ3v) is 6.15. The lowest BCUT2D eigenvalue weighted by Gasteiger charge is -2.23. The first-order chi connectivity index (χ1) is 9.63. The first-order valence-electron chi connectivity index (χ1n) is 7.02. The van der Waals surface area contributed by atoms with E-state index in [1.807, 2.05) is 30.8 Å². The van der Waals surface area contributed by atoms with Crippen LogP contribution in [0.15, 0.2) is 29.2 Å². The van der Waals surface area contributed by atoms with Crippen molar-refractivity contribution >= 4 is 21.8 Å². The molecule has 4 nitrogen and oxygen atoms in total. The van der Waals surface area contributed by atoms with E-state index >= 15 is 0 Å². The number of sulfonamides is 1. The summed E-state index contributed by atoms with van der Waals surface area (Å²) in [6.07, 6.45) is 2.01. The van der Waals surface area contributed by atoms with Gasteiger partial charge in [0, 0.05) is 18.3 Å². The average Bonchev–Trinajstić information content (AvgIpc) is 2.46. The normalized spacial score (nSPS) is 19.9. The van der Waals surface area contributed by atoms with Gasteiger partial charge in [-0.1, -0.05) is 25.1 Å². The van der Waals surface area contributed by atoms with Gasteiger partial charge in [-0.2, -0.15) is 11.8 Å². The molecule has 20 heavy (non-hydrogen) atoms. The molecule has 2 rings (SSSR count). The van der Waals surface area contributed by atoms with Gasteiger partial charge in [0.05, 0.1) is 4.90 Å². The molecule has 2 N–H and O–H groups in total. The van der Waals surface area contributed by atoms with E-state index in [1.165, 1.54) is 0 Å². The van der Waals surface area contributed by atoms with Crippen LogP contribution < -0.4 is 10.0 Å². The van der Waals surface area contributed by atoms with Crippen LogP contribution in [0.1, 0.15) is 25.3 Å². The summed E-state index contributed by atoms with van der Waals surface area (Å²) in [4.78, 5) is 0.400. The third-order valence-electron chi connectivity index (χ3n) is 3.31. The molecule has 0 amide bonds. The van der Waals surface area contributed by atoms with Crippen LogP contribution >= 0.6 is 11.8 Å². The second-order valence-electron chi connectivity index (χ2n) is 4.92. The van der Waals surface area contributed by atoms with Crippen molar-refractivity contribution < 1.29 is 8.42 Å². The Balaban J connectivity index is 2.15. The molecule has 0 aromatic heterocycles. The summed E-state index contributed by atoms with van der Waals surface area (Å²) in [5.41, 5.74) is 0.824. The van der Waals surface area contributed by atoms with Gasteiger partial charge in [-0.05, 0) is 36.8 Å². The van der Waals surface area contributed by atoms with E-state index in [0.717, 1.165) is 36.5 Å². The van der Waals surface area contributed by atoms with Crippen molar-refractivity contribution in [2.45, 2.75) is 37.2 Å². The molecular formula is C14H22N2O2S2. The first kappa shape index (κ1) is 15.8. The van der Waals surface area contributed by atoms with Crippen molar-refractivity contribution in [1.82, 2.24) is 10.0 Å². The van der Waals surface area contributed by atoms with E-state index in [4.69, 9.17) is 0 Å². The molecule has 1 saturated heterocycles. The summed E-state index contributed by atoms with van der Waals surface area (Å²) in [6, 6.07) is 7.27. The van der Waals surface area contributed by atoms with E-state index < -0.39 is 10.0 Å². The van der Waals surface area contributed by atoms with Gasteiger partial charge in [0.15, 0.2) is 0 Å². The Bertz CT molecular complexity index is 526. The lowest BCUT2D eigenvalue weighted by Crippen LogP contribution is -2.38. The zero-order valence-corrected chi connectivity index (χ0v) is 13.4. The fraction of sp³-hybridized carbons (Fsp3) is 0.571. The number of hydrogen-bond donors (Lipinski definition) is 2. The van der Waals surface area contributed by atoms with Gasteiger partial charge < -0.3 is 5.32 Å². The Labute approximate surface area is 125 Å². The highest BCUT2D eigenvalue weighted by Crippen LogP contribution is 2.21. The highest BCUT2D eigenvalue weighted by molar-refractivity contribution is 7.99. The van der Waals surface area contributed by atoms with Crippen molar-refractivity contribution in [1.29, 1.82) is 0 Å². The summed E-state index contributed by atoms with van der Waals surface area (Å²) in [7, 11) is -3.42. The minimum atomic E-state index is -3.42. The zero-order chi connectivity index (χ0) is 14.4. The molecule has 1 aromatic rings. The second-order valence-corrected chi connectivity index (χ2v) is 7.76. The SMILES string of the molecule is CCNCc1ccccc1S(=O)(=O)NC1CCCSC1. The van der Waals surface area contributed by atoms with E-state index in [-0.39, 0.29) is 6.04 Å². The van der Waals surface area contributed by atoms with Gasteiger partial charge in [-0.15, -0.1) is 0 Å². The Hall–Kier alpha value is -0.560. The van der Waals surface area contributed by atoms with Crippen molar-refractivity contribution in [2.24, 2.45) is 0 Å². The van der Waals surface area contributed by atoms with E-state index in [1.54, 1.807) is 12.1 Å². The van der Waals surface area contributed by atoms with Gasteiger partial charge in [-0.3, -0.25) is 0 Å². The molecule has 1 aliphatic rings. The molecule has 1 atom stereocenters. The quantitative estimate of drug-likeness (QED) is 0.843. The van der Waals surface area contributed by atoms with Crippen LogP contribution in [0.4, 0.5) is 0 Å². The summed E-state index contributed by atoms with van der Waals surface area (Å²) >= 11 is 1.82. The van der Waals surface area contributed by atoms with Gasteiger partial charge >= 0.3 is 0 Å². The molecule has 0 spiro atoms. The molecule has 0 bridgehead atoms. The first-order valence-corrected chi connectivity index (χ1v) is 9.66. The largest absolute Gasteiger partial charge is 0.313 e. The minimum Gasteiger partial charge on any atom is -0.313 e. The van der Waals surface area contributed by atoms with Gasteiger partial charge in [0.2, 0.25) is 10.0 Å². The molecule has 0 saturated carbocycles. The Morgan fingerprint density at radius 1 is 1.35 bits per heavy atom. The zero-order valence-electron chi connectivity index (χ0n) is 11.8. The molecule has 112 valence electrons. The smallest absolute Gasteiger partial charge is 0.241 e. The molecular weight excluding hydrogens is 292 g/mol. The monoisotopic (exact) mass is 314 g/mol. The Morgan fingerprint density at radius 3 is 2.85 bits per heavy atom. The summed E-state index contributed by atoms with van der Waals surface area (Å²) in [5, 5.41) is 3.18. The molecule has 6 heteroatoms. The van der Waals surface area contributed by atoms with E-state index in [9.17, 15) is 8.42 Å². The topological polar surface area (TPSA) is 58.2 Å². The highest BCUT2D eigenvalue weighted by Gasteiger charge is 2.23. The second kappa shape index (κ2) is 7.45. The fourth-order valence-corrected chi connectivity index (χ4v) is 4.98. The maximum atomic E-state index is 12.5. The Morgan fingerprint density at radius 2 is 2.15 bits per heavy atom. The van der Waals surface area contributed by atoms with E-state index in [0.29, 0.717) is 11.4 Å². The van der Waals surface area contributed by atoms with Crippen LogP contribution in [-0.2, 0) is 16.6 Å². The summed E-state index contributed by atoms with van der Waals surface area (Å²) < 4.78 is 27.9. The van der Waals surface area contributed by atoms with Crippen LogP contribution in [0, 0.1) is 0 Å². The molecule has 1 aliphatic heterocycles. The summed E-state index contributed by atoms with van der Waals surface area (Å²) in [5.74, 6) is 2.00. The van der Waals surface area contributed by atoms with Crippen molar-refractivity contribution in [3.63, 3.8) is 0 Å². The molecule has 1 aromatic carbocycles. The molecule has 1 heterocycles. The van der Waals surface area contributed by atoms with E-state index in [2.05, 4.69) is 10.0 Å². The highest BCUT2D eigenvalue weighted by atomic mass is 32.2. The third kappa shape index (κ3) is 4.22. The maximum Gasteiger partial charge on any atom is 0.241 e. The number of rotatable bonds is 6. The molecule has 0 aliphatic carbocycles. The number of nitrogens with one attached hydrogen (secondary N) is 2. The molecule has 1 fully saturated rings. The standard InChI is InChI=1S/C14H22N2O2S2/c1-2-15-10-12-6-3-4-8-14(12)20(17,18)16-13-7-5-9-19-11-13/h3-4,6,8,13,15-16H,2,5,7,9-11H2,1H3. The van der Waals surface area contributed by atoms with Gasteiger partial charge in [-0.25, -0.2) is 13.1 Å². The van der Waals surface area contributed by atoms with Crippen LogP contribution in [0.2, 0.25) is 0 Å². The van der Waals surface area contributed by atoms with Gasteiger partial charge in [0.1, 0.15) is 0 Å². The molecule has 1 unspecified atom stereocenters. The van der Waals surface area contributed by atoms with Crippen LogP contribution in [0.5, 0.6) is 0 Å². The fourth-order valence-electron chi connectivity index (χ4n) is 2.29. The van der Waals surface area contributed by atoms with Crippen molar-refractivity contribution in [3.05, 3.63) is 29.8 Å². The van der Waals surface area contributed by atoms with Crippen molar-refractivity contribution in [3.8, 4) is 0 Å². The predicted molar refractivity (Wildman–Crippen MR) is 84.5 cm³/mol. The lowest BCUT2D eigenvalue weighted by atomic mass is 10.2. The molecule has 0 radical (unpaired) electrons. The lowest BCUT2D eigenvalue weighted by molar-refractivity contribution is 0.541. The van der Waals surface area contributed by atoms with Crippen LogP contribution in [0.25, 0.3) is 0 Å². The maximum absolute atomic E-state index is 12.5. The van der Waals surface area contributed by atoms with Crippen LogP contribution in [0.3, 0.4) is 0 Å².